The van der Waals surface area contributed by atoms with Gasteiger partial charge < -0.3 is 13.9 Å². The highest BCUT2D eigenvalue weighted by Crippen LogP contribution is 2.41. The lowest BCUT2D eigenvalue weighted by Gasteiger charge is -2.36. The molecule has 2 aliphatic heterocycles. The molecule has 4 saturated carbocycles. The van der Waals surface area contributed by atoms with Gasteiger partial charge in [0.1, 0.15) is 0 Å². The number of benzene rings is 2. The summed E-state index contributed by atoms with van der Waals surface area (Å²) in [5.41, 5.74) is 1.47. The van der Waals surface area contributed by atoms with Crippen molar-refractivity contribution in [3.8, 4) is 0 Å². The van der Waals surface area contributed by atoms with E-state index < -0.39 is 0 Å². The molecule has 1 aromatic heterocycles. The quantitative estimate of drug-likeness (QED) is 0.206. The largest absolute Gasteiger partial charge is 0.425 e. The van der Waals surface area contributed by atoms with Crippen molar-refractivity contribution in [2.75, 3.05) is 0 Å². The van der Waals surface area contributed by atoms with Gasteiger partial charge in [-0.2, -0.15) is 0 Å². The maximum atomic E-state index is 13.1. The van der Waals surface area contributed by atoms with Gasteiger partial charge in [-0.05, 0) is 127 Å². The Morgan fingerprint density at radius 3 is 1.18 bits per heavy atom. The van der Waals surface area contributed by atoms with Crippen molar-refractivity contribution in [3.63, 3.8) is 0 Å². The van der Waals surface area contributed by atoms with Crippen molar-refractivity contribution in [3.05, 3.63) is 80.5 Å². The smallest absolute Gasteiger partial charge is 0.263 e. The number of nitrogens with zero attached hydrogens (tertiary/aromatic N) is 4. The minimum absolute atomic E-state index is 0.123. The van der Waals surface area contributed by atoms with Crippen LogP contribution >= 0.6 is 23.2 Å². The maximum Gasteiger partial charge on any atom is 0.263 e. The summed E-state index contributed by atoms with van der Waals surface area (Å²) < 4.78 is 19.4. The molecule has 0 saturated heterocycles. The van der Waals surface area contributed by atoms with Crippen molar-refractivity contribution in [1.82, 2.24) is 20.0 Å². The number of rotatable bonds is 8. The van der Waals surface area contributed by atoms with Gasteiger partial charge in [-0.25, -0.2) is 0 Å². The van der Waals surface area contributed by atoms with E-state index in [1.165, 1.54) is 9.80 Å². The highest BCUT2D eigenvalue weighted by Gasteiger charge is 2.44. The molecule has 6 aliphatic rings. The van der Waals surface area contributed by atoms with Crippen molar-refractivity contribution in [2.24, 2.45) is 0 Å². The topological polar surface area (TPSA) is 132 Å². The van der Waals surface area contributed by atoms with E-state index in [9.17, 15) is 19.2 Å². The van der Waals surface area contributed by atoms with Crippen LogP contribution in [-0.2, 0) is 9.47 Å². The Bertz CT molecular complexity index is 1830. The summed E-state index contributed by atoms with van der Waals surface area (Å²) in [6.45, 7) is 0. The molecular formula is C42H46Cl2N4O7. The second kappa shape index (κ2) is 15.4. The molecule has 4 fully saturated rings. The van der Waals surface area contributed by atoms with Crippen LogP contribution in [0.2, 0.25) is 10.0 Å². The van der Waals surface area contributed by atoms with Gasteiger partial charge in [0.15, 0.2) is 0 Å². The minimum Gasteiger partial charge on any atom is -0.425 e. The predicted molar refractivity (Wildman–Crippen MR) is 202 cm³/mol. The molecule has 0 bridgehead atoms. The Morgan fingerprint density at radius 2 is 0.836 bits per heavy atom. The number of carbonyl (C=O) groups is 4. The zero-order valence-corrected chi connectivity index (χ0v) is 32.3. The standard InChI is InChI=1S/C42H46Cl2N4O7/c43-33-5-1-3-31-35(33)41(51)47(39(31)49)25-11-19-29(20-12-25)53-27-15-7-23(8-16-27)37-45-46-38(55-37)24-9-17-28(18-10-24)54-30-21-13-26(14-22-30)48-40(50)32-4-2-6-34(44)36(32)42(48)52/h1-6,23-30H,7-22H2. The van der Waals surface area contributed by atoms with E-state index in [2.05, 4.69) is 10.2 Å². The Kier molecular flexibility index (Phi) is 10.3. The summed E-state index contributed by atoms with van der Waals surface area (Å²) in [4.78, 5) is 55.1. The number of ether oxygens (including phenoxy) is 2. The van der Waals surface area contributed by atoms with Crippen LogP contribution in [0, 0.1) is 0 Å². The van der Waals surface area contributed by atoms with Crippen molar-refractivity contribution in [1.29, 1.82) is 0 Å². The van der Waals surface area contributed by atoms with Crippen LogP contribution in [0.15, 0.2) is 40.8 Å². The first-order valence-electron chi connectivity index (χ1n) is 20.2. The van der Waals surface area contributed by atoms with Gasteiger partial charge in [0.25, 0.3) is 23.6 Å². The number of carbonyl (C=O) groups excluding carboxylic acids is 4. The number of hydrogen-bond acceptors (Lipinski definition) is 9. The third-order valence-corrected chi connectivity index (χ3v) is 13.7. The molecule has 0 unspecified atom stereocenters. The fourth-order valence-corrected chi connectivity index (χ4v) is 10.6. The van der Waals surface area contributed by atoms with E-state index in [1.807, 2.05) is 0 Å². The SMILES string of the molecule is O=C1c2cccc(Cl)c2C(=O)N1C1CCC(OC2CCC(c3nnc(C4CCC(OC5CCC(N6C(=O)c7cccc(Cl)c7C6=O)CC5)CC4)o3)CC2)CC1. The highest BCUT2D eigenvalue weighted by molar-refractivity contribution is 6.38. The first-order valence-corrected chi connectivity index (χ1v) is 21.0. The molecule has 11 nitrogen and oxygen atoms in total. The van der Waals surface area contributed by atoms with Gasteiger partial charge in [0, 0.05) is 23.9 Å². The fraction of sp³-hybridized carbons (Fsp3) is 0.571. The number of halogens is 2. The number of aromatic nitrogens is 2. The Morgan fingerprint density at radius 1 is 0.491 bits per heavy atom. The van der Waals surface area contributed by atoms with Crippen molar-refractivity contribution < 1.29 is 33.1 Å². The van der Waals surface area contributed by atoms with Gasteiger partial charge >= 0.3 is 0 Å². The van der Waals surface area contributed by atoms with Gasteiger partial charge in [-0.15, -0.1) is 10.2 Å². The van der Waals surface area contributed by atoms with Gasteiger partial charge in [-0.1, -0.05) is 35.3 Å². The van der Waals surface area contributed by atoms with E-state index in [0.29, 0.717) is 32.3 Å². The van der Waals surface area contributed by atoms with E-state index in [-0.39, 0.29) is 72.0 Å². The third kappa shape index (κ3) is 7.04. The molecular weight excluding hydrogens is 743 g/mol. The summed E-state index contributed by atoms with van der Waals surface area (Å²) in [6.07, 6.45) is 14.4. The lowest BCUT2D eigenvalue weighted by Crippen LogP contribution is -2.43. The maximum absolute atomic E-state index is 13.1. The lowest BCUT2D eigenvalue weighted by molar-refractivity contribution is -0.0554. The first-order chi connectivity index (χ1) is 26.7. The van der Waals surface area contributed by atoms with E-state index in [1.54, 1.807) is 36.4 Å². The molecule has 0 atom stereocenters. The average Bonchev–Trinajstić information content (AvgIpc) is 3.87. The summed E-state index contributed by atoms with van der Waals surface area (Å²) in [5, 5.41) is 9.67. The Balaban J connectivity index is 0.685. The highest BCUT2D eigenvalue weighted by atomic mass is 35.5. The summed E-state index contributed by atoms with van der Waals surface area (Å²) in [6, 6.07) is 9.87. The molecule has 13 heteroatoms. The molecule has 55 heavy (non-hydrogen) atoms. The molecule has 3 aromatic rings. The summed E-state index contributed by atoms with van der Waals surface area (Å²) >= 11 is 12.5. The molecule has 3 heterocycles. The monoisotopic (exact) mass is 788 g/mol. The molecule has 0 radical (unpaired) electrons. The summed E-state index contributed by atoms with van der Waals surface area (Å²) in [5.74, 6) is 0.936. The number of hydrogen-bond donors (Lipinski definition) is 0. The van der Waals surface area contributed by atoms with Gasteiger partial charge in [0.05, 0.1) is 56.7 Å². The molecule has 4 amide bonds. The molecule has 4 aliphatic carbocycles. The van der Waals surface area contributed by atoms with Gasteiger partial charge in [0.2, 0.25) is 11.8 Å². The van der Waals surface area contributed by atoms with E-state index in [0.717, 1.165) is 115 Å². The fourth-order valence-electron chi connectivity index (χ4n) is 10.1. The normalized spacial score (nSPS) is 31.2. The van der Waals surface area contributed by atoms with Crippen LogP contribution < -0.4 is 0 Å². The van der Waals surface area contributed by atoms with Gasteiger partial charge in [-0.3, -0.25) is 29.0 Å². The number of imide groups is 2. The Hall–Kier alpha value is -3.64. The lowest BCUT2D eigenvalue weighted by atomic mass is 9.86. The Labute approximate surface area is 330 Å². The van der Waals surface area contributed by atoms with E-state index in [4.69, 9.17) is 37.1 Å². The third-order valence-electron chi connectivity index (χ3n) is 13.1. The molecule has 0 N–H and O–H groups in total. The molecule has 9 rings (SSSR count). The molecule has 2 aromatic carbocycles. The van der Waals surface area contributed by atoms with Crippen LogP contribution in [0.1, 0.15) is 168 Å². The van der Waals surface area contributed by atoms with Crippen LogP contribution in [0.3, 0.4) is 0 Å². The van der Waals surface area contributed by atoms with Crippen molar-refractivity contribution in [2.45, 2.75) is 151 Å². The first kappa shape index (κ1) is 37.0. The van der Waals surface area contributed by atoms with Crippen molar-refractivity contribution >= 4 is 46.8 Å². The summed E-state index contributed by atoms with van der Waals surface area (Å²) in [7, 11) is 0. The van der Waals surface area contributed by atoms with Crippen LogP contribution in [0.4, 0.5) is 0 Å². The second-order valence-electron chi connectivity index (χ2n) is 16.3. The molecule has 0 spiro atoms. The van der Waals surface area contributed by atoms with Crippen LogP contribution in [0.25, 0.3) is 0 Å². The zero-order chi connectivity index (χ0) is 37.8. The predicted octanol–water partition coefficient (Wildman–Crippen LogP) is 8.68. The second-order valence-corrected chi connectivity index (χ2v) is 17.2. The average molecular weight is 790 g/mol. The van der Waals surface area contributed by atoms with Crippen LogP contribution in [-0.4, -0.2) is 80.1 Å². The van der Waals surface area contributed by atoms with Crippen LogP contribution in [0.5, 0.6) is 0 Å². The minimum atomic E-state index is -0.276. The van der Waals surface area contributed by atoms with E-state index >= 15 is 0 Å². The number of amides is 4. The molecule has 290 valence electrons. The zero-order valence-electron chi connectivity index (χ0n) is 30.8. The number of fused-ring (bicyclic) bond motifs is 2.